The summed E-state index contributed by atoms with van der Waals surface area (Å²) >= 11 is 0. The third-order valence-corrected chi connectivity index (χ3v) is 4.63. The summed E-state index contributed by atoms with van der Waals surface area (Å²) in [6, 6.07) is 4.93. The van der Waals surface area contributed by atoms with E-state index < -0.39 is 26.4 Å². The summed E-state index contributed by atoms with van der Waals surface area (Å²) in [5, 5.41) is 2.52. The van der Waals surface area contributed by atoms with Gasteiger partial charge in [0.25, 0.3) is 5.91 Å². The maximum Gasteiger partial charge on any atom is 0.341 e. The quantitative estimate of drug-likeness (QED) is 0.894. The minimum absolute atomic E-state index is 0.118. The lowest BCUT2D eigenvalue weighted by molar-refractivity contribution is 0.0855. The van der Waals surface area contributed by atoms with E-state index in [2.05, 4.69) is 5.32 Å². The Morgan fingerprint density at radius 3 is 2.71 bits per heavy atom. The molecule has 0 radical (unpaired) electrons. The van der Waals surface area contributed by atoms with E-state index >= 15 is 0 Å². The summed E-state index contributed by atoms with van der Waals surface area (Å²) in [7, 11) is -4.82. The molecule has 0 unspecified atom stereocenters. The zero-order valence-electron chi connectivity index (χ0n) is 11.1. The summed E-state index contributed by atoms with van der Waals surface area (Å²) in [6.45, 7) is 0.846. The monoisotopic (exact) mass is 319 g/mol. The van der Waals surface area contributed by atoms with E-state index in [0.29, 0.717) is 6.61 Å². The lowest BCUT2D eigenvalue weighted by Crippen LogP contribution is -2.32. The standard InChI is InChI=1S/C13H15F2NO4S/c14-13(15)21(18,19)11-6-2-1-5-10(11)12(17)16-8-9-4-3-7-20-9/h1-2,5-6,9,13H,3-4,7-8H2,(H,16,17)/t9-/m1/s1. The largest absolute Gasteiger partial charge is 0.376 e. The van der Waals surface area contributed by atoms with Gasteiger partial charge in [-0.15, -0.1) is 0 Å². The molecule has 1 aromatic carbocycles. The molecule has 0 spiro atoms. The predicted octanol–water partition coefficient (Wildman–Crippen LogP) is 1.59. The third-order valence-electron chi connectivity index (χ3n) is 3.19. The summed E-state index contributed by atoms with van der Waals surface area (Å²) in [6.07, 6.45) is 1.58. The van der Waals surface area contributed by atoms with Crippen LogP contribution in [-0.2, 0) is 14.6 Å². The molecule has 8 heteroatoms. The Hall–Kier alpha value is -1.54. The lowest BCUT2D eigenvalue weighted by Gasteiger charge is -2.13. The van der Waals surface area contributed by atoms with Crippen molar-refractivity contribution in [3.63, 3.8) is 0 Å². The van der Waals surface area contributed by atoms with Gasteiger partial charge in [-0.2, -0.15) is 8.78 Å². The number of alkyl halides is 2. The molecule has 1 amide bonds. The molecule has 5 nitrogen and oxygen atoms in total. The highest BCUT2D eigenvalue weighted by atomic mass is 32.2. The van der Waals surface area contributed by atoms with Crippen molar-refractivity contribution < 1.29 is 26.7 Å². The number of benzene rings is 1. The number of hydrogen-bond acceptors (Lipinski definition) is 4. The first-order chi connectivity index (χ1) is 9.93. The Morgan fingerprint density at radius 2 is 2.10 bits per heavy atom. The van der Waals surface area contributed by atoms with Gasteiger partial charge in [0, 0.05) is 13.2 Å². The van der Waals surface area contributed by atoms with Crippen LogP contribution in [0.1, 0.15) is 23.2 Å². The van der Waals surface area contributed by atoms with E-state index in [0.717, 1.165) is 18.9 Å². The van der Waals surface area contributed by atoms with Crippen LogP contribution in [0, 0.1) is 0 Å². The van der Waals surface area contributed by atoms with Crippen molar-refractivity contribution in [2.24, 2.45) is 0 Å². The summed E-state index contributed by atoms with van der Waals surface area (Å²) in [5.74, 6) is -4.27. The molecule has 0 bridgehead atoms. The van der Waals surface area contributed by atoms with Crippen LogP contribution in [0.3, 0.4) is 0 Å². The minimum atomic E-state index is -4.82. The first kappa shape index (κ1) is 15.8. The van der Waals surface area contributed by atoms with Crippen LogP contribution in [0.2, 0.25) is 0 Å². The highest BCUT2D eigenvalue weighted by molar-refractivity contribution is 7.91. The van der Waals surface area contributed by atoms with E-state index in [1.54, 1.807) is 0 Å². The number of hydrogen-bond donors (Lipinski definition) is 1. The Kier molecular flexibility index (Phi) is 4.89. The van der Waals surface area contributed by atoms with Crippen LogP contribution < -0.4 is 5.32 Å². The summed E-state index contributed by atoms with van der Waals surface area (Å²) in [5.41, 5.74) is -0.282. The van der Waals surface area contributed by atoms with Crippen LogP contribution in [0.5, 0.6) is 0 Å². The smallest absolute Gasteiger partial charge is 0.341 e. The molecule has 1 aliphatic rings. The first-order valence-electron chi connectivity index (χ1n) is 6.44. The molecule has 1 fully saturated rings. The average Bonchev–Trinajstić information content (AvgIpc) is 2.98. The average molecular weight is 319 g/mol. The van der Waals surface area contributed by atoms with Crippen molar-refractivity contribution in [3.05, 3.63) is 29.8 Å². The van der Waals surface area contributed by atoms with Crippen LogP contribution in [-0.4, -0.2) is 39.3 Å². The number of ether oxygens (including phenoxy) is 1. The number of carbonyl (C=O) groups is 1. The molecular formula is C13H15F2NO4S. The molecule has 116 valence electrons. The maximum absolute atomic E-state index is 12.6. The van der Waals surface area contributed by atoms with Crippen LogP contribution in [0.25, 0.3) is 0 Å². The van der Waals surface area contributed by atoms with Gasteiger partial charge in [-0.05, 0) is 25.0 Å². The number of amides is 1. The topological polar surface area (TPSA) is 72.5 Å². The van der Waals surface area contributed by atoms with Gasteiger partial charge in [0.2, 0.25) is 9.84 Å². The number of nitrogens with one attached hydrogen (secondary N) is 1. The number of carbonyl (C=O) groups excluding carboxylic acids is 1. The fourth-order valence-electron chi connectivity index (χ4n) is 2.11. The zero-order chi connectivity index (χ0) is 15.5. The highest BCUT2D eigenvalue weighted by Crippen LogP contribution is 2.22. The SMILES string of the molecule is O=C(NC[C@H]1CCCO1)c1ccccc1S(=O)(=O)C(F)F. The fraction of sp³-hybridized carbons (Fsp3) is 0.462. The number of halogens is 2. The van der Waals surface area contributed by atoms with Gasteiger partial charge in [-0.1, -0.05) is 12.1 Å². The Morgan fingerprint density at radius 1 is 1.38 bits per heavy atom. The minimum Gasteiger partial charge on any atom is -0.376 e. The number of sulfone groups is 1. The van der Waals surface area contributed by atoms with E-state index in [-0.39, 0.29) is 18.2 Å². The molecule has 1 saturated heterocycles. The zero-order valence-corrected chi connectivity index (χ0v) is 11.9. The van der Waals surface area contributed by atoms with E-state index in [1.807, 2.05) is 0 Å². The predicted molar refractivity (Wildman–Crippen MR) is 70.9 cm³/mol. The maximum atomic E-state index is 12.6. The van der Waals surface area contributed by atoms with Crippen LogP contribution >= 0.6 is 0 Å². The molecule has 0 saturated carbocycles. The van der Waals surface area contributed by atoms with E-state index in [9.17, 15) is 22.0 Å². The molecule has 21 heavy (non-hydrogen) atoms. The molecule has 0 aromatic heterocycles. The molecule has 1 aliphatic heterocycles. The third kappa shape index (κ3) is 3.56. The van der Waals surface area contributed by atoms with Gasteiger partial charge >= 0.3 is 5.76 Å². The van der Waals surface area contributed by atoms with E-state index in [4.69, 9.17) is 4.74 Å². The van der Waals surface area contributed by atoms with Crippen molar-refractivity contribution in [2.75, 3.05) is 13.2 Å². The van der Waals surface area contributed by atoms with Crippen LogP contribution in [0.4, 0.5) is 8.78 Å². The number of rotatable bonds is 5. The second kappa shape index (κ2) is 6.48. The van der Waals surface area contributed by atoms with Gasteiger partial charge in [-0.25, -0.2) is 8.42 Å². The Labute approximate surface area is 121 Å². The van der Waals surface area contributed by atoms with Gasteiger partial charge in [0.05, 0.1) is 16.6 Å². The molecule has 0 aliphatic carbocycles. The van der Waals surface area contributed by atoms with Gasteiger partial charge in [0.15, 0.2) is 0 Å². The highest BCUT2D eigenvalue weighted by Gasteiger charge is 2.31. The second-order valence-corrected chi connectivity index (χ2v) is 6.53. The fourth-order valence-corrected chi connectivity index (χ4v) is 3.03. The Balaban J connectivity index is 2.17. The van der Waals surface area contributed by atoms with Gasteiger partial charge in [-0.3, -0.25) is 4.79 Å². The van der Waals surface area contributed by atoms with Gasteiger partial charge in [0.1, 0.15) is 0 Å². The van der Waals surface area contributed by atoms with Crippen molar-refractivity contribution in [3.8, 4) is 0 Å². The molecule has 1 N–H and O–H groups in total. The molecule has 1 atom stereocenters. The Bertz CT molecular complexity index is 612. The summed E-state index contributed by atoms with van der Waals surface area (Å²) < 4.78 is 53.7. The molecular weight excluding hydrogens is 304 g/mol. The molecule has 2 rings (SSSR count). The molecule has 1 heterocycles. The lowest BCUT2D eigenvalue weighted by atomic mass is 10.2. The second-order valence-electron chi connectivity index (χ2n) is 4.65. The van der Waals surface area contributed by atoms with Crippen molar-refractivity contribution in [1.29, 1.82) is 0 Å². The van der Waals surface area contributed by atoms with E-state index in [1.165, 1.54) is 18.2 Å². The van der Waals surface area contributed by atoms with Crippen molar-refractivity contribution in [2.45, 2.75) is 29.6 Å². The molecule has 1 aromatic rings. The van der Waals surface area contributed by atoms with Gasteiger partial charge < -0.3 is 10.1 Å². The van der Waals surface area contributed by atoms with Crippen LogP contribution in [0.15, 0.2) is 29.2 Å². The van der Waals surface area contributed by atoms with Crippen molar-refractivity contribution in [1.82, 2.24) is 5.32 Å². The normalized spacial score (nSPS) is 18.9. The first-order valence-corrected chi connectivity index (χ1v) is 7.98. The van der Waals surface area contributed by atoms with Crippen molar-refractivity contribution >= 4 is 15.7 Å². The summed E-state index contributed by atoms with van der Waals surface area (Å²) in [4.78, 5) is 11.4.